The molecule has 0 bridgehead atoms. The predicted octanol–water partition coefficient (Wildman–Crippen LogP) is 7.89. The maximum absolute atomic E-state index is 12.8. The largest absolute Gasteiger partial charge is 0.472 e. The van der Waals surface area contributed by atoms with Gasteiger partial charge in [0.15, 0.2) is 6.10 Å². The van der Waals surface area contributed by atoms with E-state index in [1.54, 1.807) is 24.3 Å². The molecule has 0 aromatic rings. The molecule has 1 rings (SSSR count). The second-order valence-corrected chi connectivity index (χ2v) is 18.8. The first kappa shape index (κ1) is 60.7. The van der Waals surface area contributed by atoms with E-state index >= 15 is 0 Å². The van der Waals surface area contributed by atoms with Gasteiger partial charge in [0.2, 0.25) is 0 Å². The van der Waals surface area contributed by atoms with Crippen molar-refractivity contribution in [1.29, 1.82) is 0 Å². The number of hydrogen-bond acceptors (Lipinski definition) is 14. The Hall–Kier alpha value is -2.27. The van der Waals surface area contributed by atoms with Crippen LogP contribution in [0.15, 0.2) is 48.6 Å². The number of aliphatic hydroxyl groups is 7. The lowest BCUT2D eigenvalue weighted by atomic mass is 9.85. The van der Waals surface area contributed by atoms with Crippen LogP contribution < -0.4 is 0 Å². The van der Waals surface area contributed by atoms with Gasteiger partial charge in [0.1, 0.15) is 43.2 Å². The summed E-state index contributed by atoms with van der Waals surface area (Å²) in [6.45, 7) is 3.02. The molecule has 0 radical (unpaired) electrons. The minimum atomic E-state index is -5.19. The third kappa shape index (κ3) is 31.4. The van der Waals surface area contributed by atoms with Gasteiger partial charge in [0.05, 0.1) is 18.8 Å². The highest BCUT2D eigenvalue weighted by atomic mass is 31.2. The molecule has 10 atom stereocenters. The first-order valence-corrected chi connectivity index (χ1v) is 26.2. The Morgan fingerprint density at radius 1 is 0.538 bits per heavy atom. The Balaban J connectivity index is 2.53. The van der Waals surface area contributed by atoms with Gasteiger partial charge >= 0.3 is 19.8 Å². The van der Waals surface area contributed by atoms with E-state index < -0.39 is 87.9 Å². The lowest BCUT2D eigenvalue weighted by molar-refractivity contribution is -0.220. The van der Waals surface area contributed by atoms with Gasteiger partial charge in [-0.3, -0.25) is 18.6 Å². The zero-order valence-corrected chi connectivity index (χ0v) is 40.4. The first-order chi connectivity index (χ1) is 31.2. The smallest absolute Gasteiger partial charge is 0.462 e. The minimum Gasteiger partial charge on any atom is -0.462 e. The van der Waals surface area contributed by atoms with Crippen molar-refractivity contribution in [2.24, 2.45) is 0 Å². The molecular weight excluding hydrogens is 859 g/mol. The van der Waals surface area contributed by atoms with Crippen LogP contribution in [0.4, 0.5) is 0 Å². The maximum Gasteiger partial charge on any atom is 0.472 e. The number of esters is 2. The molecular formula is C49H87O15P. The van der Waals surface area contributed by atoms with E-state index in [0.29, 0.717) is 12.8 Å². The molecule has 8 N–H and O–H groups in total. The van der Waals surface area contributed by atoms with Gasteiger partial charge in [-0.05, 0) is 32.1 Å². The maximum atomic E-state index is 12.8. The Morgan fingerprint density at radius 3 is 1.45 bits per heavy atom. The van der Waals surface area contributed by atoms with Crippen molar-refractivity contribution in [3.05, 3.63) is 48.6 Å². The topological polar surface area (TPSA) is 250 Å². The summed E-state index contributed by atoms with van der Waals surface area (Å²) in [5.74, 6) is -1.32. The molecule has 378 valence electrons. The van der Waals surface area contributed by atoms with Crippen molar-refractivity contribution < 1.29 is 73.3 Å². The highest BCUT2D eigenvalue weighted by Crippen LogP contribution is 2.47. The highest BCUT2D eigenvalue weighted by Gasteiger charge is 2.51. The molecule has 16 heteroatoms. The average Bonchev–Trinajstić information content (AvgIpc) is 3.27. The number of phosphoric acid groups is 1. The molecule has 65 heavy (non-hydrogen) atoms. The summed E-state index contributed by atoms with van der Waals surface area (Å²) < 4.78 is 33.4. The number of carbonyl (C=O) groups is 2. The van der Waals surface area contributed by atoms with Gasteiger partial charge < -0.3 is 50.1 Å². The predicted molar refractivity (Wildman–Crippen MR) is 251 cm³/mol. The lowest BCUT2D eigenvalue weighted by Crippen LogP contribution is -2.64. The fourth-order valence-electron chi connectivity index (χ4n) is 7.33. The Labute approximate surface area is 389 Å². The van der Waals surface area contributed by atoms with E-state index in [0.717, 1.165) is 51.4 Å². The summed E-state index contributed by atoms with van der Waals surface area (Å²) in [6.07, 6.45) is 25.0. The van der Waals surface area contributed by atoms with E-state index in [1.807, 2.05) is 24.3 Å². The molecule has 0 aromatic carbocycles. The fraction of sp³-hybridized carbons (Fsp3) is 0.796. The van der Waals surface area contributed by atoms with Crippen LogP contribution in [0.2, 0.25) is 0 Å². The molecule has 0 aliphatic heterocycles. The van der Waals surface area contributed by atoms with Crippen molar-refractivity contribution in [3.63, 3.8) is 0 Å². The molecule has 0 heterocycles. The van der Waals surface area contributed by atoms with E-state index in [-0.39, 0.29) is 25.7 Å². The first-order valence-electron chi connectivity index (χ1n) is 24.7. The molecule has 0 aromatic heterocycles. The number of carbonyl (C=O) groups excluding carboxylic acids is 2. The standard InChI is InChI=1S/C49H87O15P/c1-3-5-7-8-9-10-11-12-13-14-15-16-17-18-22-25-29-35-42(52)61-37-41(38-62-65(59,60)64-49-47(57)45(55)44(54)46(56)48(49)58)63-43(53)36-30-34-40(51)33-28-24-21-19-20-23-27-32-39(50)31-26-6-4-2/h20-21,23-24,27-28,32-33,39-41,44-51,54-58H,3-19,22,25-26,29-31,34-38H2,1-2H3,(H,59,60)/b23-20-,24-21-,32-27+,33-28+/t39-,40-,41-,44?,45-,46+,47-,48-,49?/m1/s1. The van der Waals surface area contributed by atoms with E-state index in [9.17, 15) is 54.8 Å². The van der Waals surface area contributed by atoms with E-state index in [1.165, 1.54) is 77.0 Å². The van der Waals surface area contributed by atoms with E-state index in [2.05, 4.69) is 13.8 Å². The van der Waals surface area contributed by atoms with Crippen LogP contribution in [0.3, 0.4) is 0 Å². The monoisotopic (exact) mass is 947 g/mol. The summed E-state index contributed by atoms with van der Waals surface area (Å²) in [7, 11) is -5.19. The van der Waals surface area contributed by atoms with Crippen LogP contribution >= 0.6 is 7.82 Å². The third-order valence-corrected chi connectivity index (χ3v) is 12.4. The average molecular weight is 947 g/mol. The number of phosphoric ester groups is 1. The molecule has 15 nitrogen and oxygen atoms in total. The van der Waals surface area contributed by atoms with Gasteiger partial charge in [0.25, 0.3) is 0 Å². The Morgan fingerprint density at radius 2 is 0.954 bits per heavy atom. The van der Waals surface area contributed by atoms with Crippen LogP contribution in [-0.4, -0.2) is 121 Å². The zero-order chi connectivity index (χ0) is 48.1. The number of hydrogen-bond donors (Lipinski definition) is 8. The summed E-state index contributed by atoms with van der Waals surface area (Å²) in [5, 5.41) is 70.5. The molecule has 3 unspecified atom stereocenters. The Bertz CT molecular complexity index is 1360. The molecule has 1 fully saturated rings. The van der Waals surface area contributed by atoms with Crippen LogP contribution in [0.1, 0.15) is 181 Å². The summed E-state index contributed by atoms with van der Waals surface area (Å²) >= 11 is 0. The van der Waals surface area contributed by atoms with Crippen LogP contribution in [0.25, 0.3) is 0 Å². The number of ether oxygens (including phenoxy) is 2. The lowest BCUT2D eigenvalue weighted by Gasteiger charge is -2.41. The van der Waals surface area contributed by atoms with Gasteiger partial charge in [-0.25, -0.2) is 4.57 Å². The molecule has 1 aliphatic rings. The highest BCUT2D eigenvalue weighted by molar-refractivity contribution is 7.47. The van der Waals surface area contributed by atoms with Crippen molar-refractivity contribution in [2.45, 2.75) is 236 Å². The van der Waals surface area contributed by atoms with Gasteiger partial charge in [-0.15, -0.1) is 0 Å². The van der Waals surface area contributed by atoms with Gasteiger partial charge in [0, 0.05) is 12.8 Å². The molecule has 1 aliphatic carbocycles. The molecule has 1 saturated carbocycles. The number of aliphatic hydroxyl groups excluding tert-OH is 7. The quantitative estimate of drug-likeness (QED) is 0.0126. The normalized spacial score (nSPS) is 22.8. The zero-order valence-electron chi connectivity index (χ0n) is 39.5. The van der Waals surface area contributed by atoms with Crippen LogP contribution in [0.5, 0.6) is 0 Å². The third-order valence-electron chi connectivity index (χ3n) is 11.4. The number of unbranched alkanes of at least 4 members (excludes halogenated alkanes) is 18. The number of rotatable bonds is 40. The minimum absolute atomic E-state index is 0.120. The number of allylic oxidation sites excluding steroid dienone is 6. The van der Waals surface area contributed by atoms with Crippen molar-refractivity contribution >= 4 is 19.8 Å². The summed E-state index contributed by atoms with van der Waals surface area (Å²) in [6, 6.07) is 0. The SMILES string of the molecule is CCCCCCCCCCCCCCCCCCCC(=O)OC[C@H](COP(=O)(O)OC1[C@H](O)[C@H](O)C(O)[C@H](O)[C@H]1O)OC(=O)CCC[C@H](O)/C=C/C=C\C/C=C\C=C\[C@H](O)CCCCC. The molecule has 0 spiro atoms. The van der Waals surface area contributed by atoms with Crippen molar-refractivity contribution in [1.82, 2.24) is 0 Å². The van der Waals surface area contributed by atoms with Crippen LogP contribution in [0, 0.1) is 0 Å². The summed E-state index contributed by atoms with van der Waals surface area (Å²) in [4.78, 5) is 35.8. The second kappa shape index (κ2) is 38.7. The van der Waals surface area contributed by atoms with E-state index in [4.69, 9.17) is 18.5 Å². The van der Waals surface area contributed by atoms with Gasteiger partial charge in [-0.2, -0.15) is 0 Å². The molecule has 0 saturated heterocycles. The van der Waals surface area contributed by atoms with Crippen molar-refractivity contribution in [2.75, 3.05) is 13.2 Å². The summed E-state index contributed by atoms with van der Waals surface area (Å²) in [5.41, 5.74) is 0. The van der Waals surface area contributed by atoms with Crippen molar-refractivity contribution in [3.8, 4) is 0 Å². The second-order valence-electron chi connectivity index (χ2n) is 17.4. The van der Waals surface area contributed by atoms with Gasteiger partial charge in [-0.1, -0.05) is 184 Å². The van der Waals surface area contributed by atoms with Crippen LogP contribution in [-0.2, 0) is 32.7 Å². The molecule has 0 amide bonds. The fourth-order valence-corrected chi connectivity index (χ4v) is 8.30. The Kier molecular flexibility index (Phi) is 36.1.